The van der Waals surface area contributed by atoms with Gasteiger partial charge in [-0.3, -0.25) is 0 Å². The van der Waals surface area contributed by atoms with Crippen LogP contribution in [0.4, 0.5) is 0 Å². The van der Waals surface area contributed by atoms with E-state index >= 15 is 0 Å². The van der Waals surface area contributed by atoms with Gasteiger partial charge in [0.05, 0.1) is 24.4 Å². The molecular weight excluding hydrogens is 697 g/mol. The molecular formula is C48H54O4Si2. The van der Waals surface area contributed by atoms with Crippen LogP contribution >= 0.6 is 0 Å². The first-order chi connectivity index (χ1) is 25.9. The molecule has 1 N–H and O–H groups in total. The molecule has 1 aliphatic rings. The third kappa shape index (κ3) is 6.80. The third-order valence-electron chi connectivity index (χ3n) is 11.4. The van der Waals surface area contributed by atoms with Crippen LogP contribution in [0.5, 0.6) is 5.75 Å². The lowest BCUT2D eigenvalue weighted by Gasteiger charge is -2.53. The maximum atomic E-state index is 11.6. The van der Waals surface area contributed by atoms with Crippen LogP contribution in [0.25, 0.3) is 10.8 Å². The second kappa shape index (κ2) is 15.1. The largest absolute Gasteiger partial charge is 0.508 e. The van der Waals surface area contributed by atoms with Gasteiger partial charge in [0.2, 0.25) is 0 Å². The van der Waals surface area contributed by atoms with Gasteiger partial charge in [-0.05, 0) is 54.6 Å². The average molecular weight is 751 g/mol. The highest BCUT2D eigenvalue weighted by molar-refractivity contribution is 7.00. The van der Waals surface area contributed by atoms with Crippen molar-refractivity contribution in [3.05, 3.63) is 163 Å². The number of benzene rings is 6. The lowest BCUT2D eigenvalue weighted by Crippen LogP contribution is -2.72. The smallest absolute Gasteiger partial charge is 0.261 e. The van der Waals surface area contributed by atoms with Crippen molar-refractivity contribution >= 4 is 48.2 Å². The third-order valence-corrected chi connectivity index (χ3v) is 21.5. The number of aromatic hydroxyl groups is 1. The van der Waals surface area contributed by atoms with E-state index < -0.39 is 28.8 Å². The first-order valence-corrected chi connectivity index (χ1v) is 23.1. The van der Waals surface area contributed by atoms with Crippen molar-refractivity contribution in [2.75, 3.05) is 0 Å². The van der Waals surface area contributed by atoms with Crippen LogP contribution in [0.15, 0.2) is 158 Å². The van der Waals surface area contributed by atoms with Gasteiger partial charge in [0, 0.05) is 12.0 Å². The summed E-state index contributed by atoms with van der Waals surface area (Å²) in [5.74, 6) is 0.237. The van der Waals surface area contributed by atoms with Gasteiger partial charge in [0.1, 0.15) is 5.75 Å². The molecule has 0 radical (unpaired) electrons. The summed E-state index contributed by atoms with van der Waals surface area (Å²) >= 11 is 0. The Bertz CT molecular complexity index is 2070. The van der Waals surface area contributed by atoms with Crippen molar-refractivity contribution < 1.29 is 18.7 Å². The molecule has 6 aromatic carbocycles. The Labute approximate surface area is 324 Å². The molecule has 54 heavy (non-hydrogen) atoms. The Morgan fingerprint density at radius 3 is 1.39 bits per heavy atom. The minimum absolute atomic E-state index is 0.237. The van der Waals surface area contributed by atoms with E-state index in [9.17, 15) is 5.11 Å². The molecule has 6 aromatic rings. The minimum Gasteiger partial charge on any atom is -0.508 e. The Kier molecular flexibility index (Phi) is 10.6. The molecule has 1 aliphatic heterocycles. The zero-order valence-corrected chi connectivity index (χ0v) is 34.7. The number of hydrogen-bond acceptors (Lipinski definition) is 4. The van der Waals surface area contributed by atoms with E-state index in [1.165, 1.54) is 20.7 Å². The van der Waals surface area contributed by atoms with Gasteiger partial charge in [-0.25, -0.2) is 0 Å². The highest BCUT2D eigenvalue weighted by Gasteiger charge is 2.57. The molecule has 0 unspecified atom stereocenters. The van der Waals surface area contributed by atoms with Crippen molar-refractivity contribution in [3.63, 3.8) is 0 Å². The molecule has 7 rings (SSSR count). The maximum Gasteiger partial charge on any atom is 0.261 e. The topological polar surface area (TPSA) is 47.9 Å². The van der Waals surface area contributed by atoms with Crippen molar-refractivity contribution in [2.24, 2.45) is 0 Å². The highest BCUT2D eigenvalue weighted by atomic mass is 28.4. The summed E-state index contributed by atoms with van der Waals surface area (Å²) in [6.07, 6.45) is -1.09. The van der Waals surface area contributed by atoms with Crippen LogP contribution in [-0.2, 0) is 13.6 Å². The molecule has 0 saturated carbocycles. The maximum absolute atomic E-state index is 11.6. The van der Waals surface area contributed by atoms with Crippen LogP contribution in [0.1, 0.15) is 66.6 Å². The molecule has 1 heterocycles. The molecule has 1 fully saturated rings. The van der Waals surface area contributed by atoms with E-state index in [0.717, 1.165) is 16.3 Å². The summed E-state index contributed by atoms with van der Waals surface area (Å²) < 4.78 is 23.2. The molecule has 0 amide bonds. The van der Waals surface area contributed by atoms with Crippen LogP contribution in [-0.4, -0.2) is 40.1 Å². The van der Waals surface area contributed by atoms with E-state index in [4.69, 9.17) is 13.6 Å². The normalized spacial score (nSPS) is 19.8. The molecule has 4 nitrogen and oxygen atoms in total. The van der Waals surface area contributed by atoms with E-state index in [1.807, 2.05) is 18.2 Å². The summed E-state index contributed by atoms with van der Waals surface area (Å²) in [6, 6.07) is 55.4. The number of fused-ring (bicyclic) bond motifs is 1. The average Bonchev–Trinajstić information content (AvgIpc) is 3.17. The number of hydrogen-bond donors (Lipinski definition) is 1. The Balaban J connectivity index is 1.46. The zero-order chi connectivity index (χ0) is 38.1. The monoisotopic (exact) mass is 750 g/mol. The summed E-state index contributed by atoms with van der Waals surface area (Å²) in [6.45, 7) is 16.1. The fourth-order valence-electron chi connectivity index (χ4n) is 8.95. The number of phenolic OH excluding ortho intramolecular Hbond substituents is 1. The predicted molar refractivity (Wildman–Crippen MR) is 229 cm³/mol. The predicted octanol–water partition coefficient (Wildman–Crippen LogP) is 9.29. The van der Waals surface area contributed by atoms with Crippen LogP contribution in [0.2, 0.25) is 10.1 Å². The van der Waals surface area contributed by atoms with Crippen LogP contribution in [0, 0.1) is 0 Å². The molecule has 6 heteroatoms. The second-order valence-corrected chi connectivity index (χ2v) is 25.4. The molecule has 0 spiro atoms. The summed E-state index contributed by atoms with van der Waals surface area (Å²) in [5, 5.41) is 18.0. The SMILES string of the molecule is C[C@H]1O[C@H](c2c(O)ccc3ccccc23)C[C@@H](O[Si](c2ccccc2)(c2ccccc2)C(C)(C)C)[C@@H]1O[Si](c1ccccc1)(c1ccccc1)C(C)(C)C. The first kappa shape index (κ1) is 38.0. The van der Waals surface area contributed by atoms with Crippen LogP contribution in [0.3, 0.4) is 0 Å². The van der Waals surface area contributed by atoms with E-state index in [1.54, 1.807) is 6.07 Å². The quantitative estimate of drug-likeness (QED) is 0.150. The summed E-state index contributed by atoms with van der Waals surface area (Å²) in [7, 11) is -6.12. The first-order valence-electron chi connectivity index (χ1n) is 19.3. The van der Waals surface area contributed by atoms with E-state index in [-0.39, 0.29) is 28.0 Å². The van der Waals surface area contributed by atoms with Crippen molar-refractivity contribution in [1.82, 2.24) is 0 Å². The molecule has 0 aromatic heterocycles. The van der Waals surface area contributed by atoms with Gasteiger partial charge in [-0.1, -0.05) is 193 Å². The highest BCUT2D eigenvalue weighted by Crippen LogP contribution is 2.47. The lowest BCUT2D eigenvalue weighted by molar-refractivity contribution is -0.152. The fraction of sp³-hybridized carbons (Fsp3) is 0.292. The number of ether oxygens (including phenoxy) is 1. The zero-order valence-electron chi connectivity index (χ0n) is 32.7. The Morgan fingerprint density at radius 1 is 0.537 bits per heavy atom. The van der Waals surface area contributed by atoms with Crippen LogP contribution < -0.4 is 20.7 Å². The molecule has 0 aliphatic carbocycles. The number of rotatable bonds is 9. The van der Waals surface area contributed by atoms with Gasteiger partial charge in [0.15, 0.2) is 0 Å². The summed E-state index contributed by atoms with van der Waals surface area (Å²) in [4.78, 5) is 0. The van der Waals surface area contributed by atoms with Gasteiger partial charge in [-0.2, -0.15) is 0 Å². The van der Waals surface area contributed by atoms with E-state index in [0.29, 0.717) is 6.42 Å². The molecule has 1 saturated heterocycles. The van der Waals surface area contributed by atoms with E-state index in [2.05, 4.69) is 182 Å². The molecule has 278 valence electrons. The van der Waals surface area contributed by atoms with Crippen molar-refractivity contribution in [3.8, 4) is 5.75 Å². The minimum atomic E-state index is -3.07. The Hall–Kier alpha value is -4.31. The second-order valence-electron chi connectivity index (χ2n) is 16.9. The van der Waals surface area contributed by atoms with Crippen molar-refractivity contribution in [1.29, 1.82) is 0 Å². The van der Waals surface area contributed by atoms with Gasteiger partial charge in [0.25, 0.3) is 16.6 Å². The standard InChI is InChI=1S/C48H54O4Si2/c1-35-46(52-54(48(5,6)7,39-27-16-10-17-28-39)40-29-18-11-19-30-40)44(34-43(50-35)45-41-31-21-20-22-36(41)32-33-42(45)49)51-53(47(2,3)4,37-23-12-8-13-24-37)38-25-14-9-15-26-38/h8-33,35,43-44,46,49H,34H2,1-7H3/t35-,43+,44-,46-/m1/s1. The van der Waals surface area contributed by atoms with Gasteiger partial charge in [-0.15, -0.1) is 0 Å². The Morgan fingerprint density at radius 2 is 0.944 bits per heavy atom. The summed E-state index contributed by atoms with van der Waals surface area (Å²) in [5.41, 5.74) is 0.805. The fourth-order valence-corrected chi connectivity index (χ4v) is 18.4. The van der Waals surface area contributed by atoms with Crippen molar-refractivity contribution in [2.45, 2.75) is 89.4 Å². The molecule has 0 bridgehead atoms. The van der Waals surface area contributed by atoms with Gasteiger partial charge < -0.3 is 18.7 Å². The van der Waals surface area contributed by atoms with Gasteiger partial charge >= 0.3 is 0 Å². The number of phenols is 1. The lowest BCUT2D eigenvalue weighted by atomic mass is 9.91. The molecule has 4 atom stereocenters.